The Morgan fingerprint density at radius 1 is 1.19 bits per heavy atom. The minimum Gasteiger partial charge on any atom is -0.472 e. The van der Waals surface area contributed by atoms with E-state index in [9.17, 15) is 13.2 Å². The van der Waals surface area contributed by atoms with Crippen LogP contribution >= 0.6 is 27.5 Å². The predicted molar refractivity (Wildman–Crippen MR) is 92.7 cm³/mol. The number of hydrogen-bond donors (Lipinski definition) is 0. The summed E-state index contributed by atoms with van der Waals surface area (Å²) in [5.41, 5.74) is 0.451. The van der Waals surface area contributed by atoms with Crippen molar-refractivity contribution in [1.82, 2.24) is 19.5 Å². The molecule has 0 aliphatic carbocycles. The van der Waals surface area contributed by atoms with Crippen molar-refractivity contribution in [1.29, 1.82) is 0 Å². The first-order valence-corrected chi connectivity index (χ1v) is 8.42. The van der Waals surface area contributed by atoms with Gasteiger partial charge in [-0.05, 0) is 33.1 Å². The van der Waals surface area contributed by atoms with Crippen molar-refractivity contribution in [3.8, 4) is 17.3 Å². The molecule has 1 aromatic carbocycles. The maximum Gasteiger partial charge on any atom is 0.434 e. The Morgan fingerprint density at radius 3 is 2.50 bits per heavy atom. The van der Waals surface area contributed by atoms with Crippen LogP contribution in [0.4, 0.5) is 13.2 Å². The van der Waals surface area contributed by atoms with E-state index < -0.39 is 11.9 Å². The maximum atomic E-state index is 12.8. The van der Waals surface area contributed by atoms with Gasteiger partial charge in [0, 0.05) is 25.0 Å². The second-order valence-electron chi connectivity index (χ2n) is 5.34. The second-order valence-corrected chi connectivity index (χ2v) is 6.53. The lowest BCUT2D eigenvalue weighted by atomic mass is 10.1. The van der Waals surface area contributed by atoms with Crippen LogP contribution in [0.5, 0.6) is 5.88 Å². The Kier molecular flexibility index (Phi) is 5.19. The van der Waals surface area contributed by atoms with E-state index in [1.165, 1.54) is 17.8 Å². The average molecular weight is 448 g/mol. The number of nitrogens with zero attached hydrogens (tertiary/aromatic N) is 4. The number of benzene rings is 1. The molecule has 2 aromatic heterocycles. The van der Waals surface area contributed by atoms with Gasteiger partial charge in [-0.1, -0.05) is 24.3 Å². The first-order valence-electron chi connectivity index (χ1n) is 7.25. The molecule has 0 unspecified atom stereocenters. The highest BCUT2D eigenvalue weighted by Crippen LogP contribution is 2.30. The van der Waals surface area contributed by atoms with Crippen LogP contribution in [-0.4, -0.2) is 19.5 Å². The molecule has 10 heteroatoms. The molecule has 0 N–H and O–H groups in total. The third kappa shape index (κ3) is 4.16. The van der Waals surface area contributed by atoms with Gasteiger partial charge in [0.05, 0.1) is 4.47 Å². The summed E-state index contributed by atoms with van der Waals surface area (Å²) in [4.78, 5) is 11.4. The third-order valence-electron chi connectivity index (χ3n) is 3.44. The fourth-order valence-electron chi connectivity index (χ4n) is 2.21. The minimum absolute atomic E-state index is 0.0637. The van der Waals surface area contributed by atoms with Crippen LogP contribution in [0.1, 0.15) is 11.3 Å². The van der Waals surface area contributed by atoms with Crippen molar-refractivity contribution in [2.45, 2.75) is 12.8 Å². The minimum atomic E-state index is -4.48. The van der Waals surface area contributed by atoms with E-state index in [1.54, 1.807) is 24.3 Å². The van der Waals surface area contributed by atoms with E-state index in [4.69, 9.17) is 16.3 Å². The van der Waals surface area contributed by atoms with Crippen LogP contribution in [-0.2, 0) is 19.8 Å². The normalized spacial score (nSPS) is 11.6. The quantitative estimate of drug-likeness (QED) is 0.534. The molecule has 5 nitrogen and oxygen atoms in total. The Bertz CT molecular complexity index is 928. The molecule has 0 spiro atoms. The van der Waals surface area contributed by atoms with Gasteiger partial charge in [0.2, 0.25) is 11.2 Å². The zero-order chi connectivity index (χ0) is 18.9. The maximum absolute atomic E-state index is 12.8. The van der Waals surface area contributed by atoms with Crippen LogP contribution < -0.4 is 4.74 Å². The standard InChI is InChI=1S/C16H11BrClF3N4O/c1-25-7-12(16(19,20)21)23-13(25)10-4-2-9(3-5-10)8-26-14-11(17)6-22-15(18)24-14/h2-7H,8H2,1H3. The van der Waals surface area contributed by atoms with Gasteiger partial charge in [0.25, 0.3) is 0 Å². The Labute approximate surface area is 159 Å². The zero-order valence-electron chi connectivity index (χ0n) is 13.3. The lowest BCUT2D eigenvalue weighted by Gasteiger charge is -2.08. The van der Waals surface area contributed by atoms with Crippen LogP contribution in [0, 0.1) is 0 Å². The van der Waals surface area contributed by atoms with Gasteiger partial charge in [0.1, 0.15) is 12.4 Å². The van der Waals surface area contributed by atoms with Crippen molar-refractivity contribution >= 4 is 27.5 Å². The molecule has 3 aromatic rings. The van der Waals surface area contributed by atoms with Crippen LogP contribution in [0.3, 0.4) is 0 Å². The average Bonchev–Trinajstić information content (AvgIpc) is 2.98. The van der Waals surface area contributed by atoms with Crippen molar-refractivity contribution < 1.29 is 17.9 Å². The summed E-state index contributed by atoms with van der Waals surface area (Å²) in [6.07, 6.45) is -2.04. The number of aromatic nitrogens is 4. The zero-order valence-corrected chi connectivity index (χ0v) is 15.6. The van der Waals surface area contributed by atoms with Gasteiger partial charge in [-0.2, -0.15) is 18.2 Å². The molecule has 3 rings (SSSR count). The van der Waals surface area contributed by atoms with Crippen molar-refractivity contribution in [2.24, 2.45) is 7.05 Å². The molecule has 0 atom stereocenters. The summed E-state index contributed by atoms with van der Waals surface area (Å²) in [6.45, 7) is 0.209. The molecule has 0 bridgehead atoms. The lowest BCUT2D eigenvalue weighted by molar-refractivity contribution is -0.140. The van der Waals surface area contributed by atoms with E-state index >= 15 is 0 Å². The van der Waals surface area contributed by atoms with E-state index in [0.29, 0.717) is 15.9 Å². The second kappa shape index (κ2) is 7.24. The number of hydrogen-bond acceptors (Lipinski definition) is 4. The molecule has 0 aliphatic heterocycles. The van der Waals surface area contributed by atoms with Gasteiger partial charge in [-0.15, -0.1) is 0 Å². The number of ether oxygens (including phenoxy) is 1. The Morgan fingerprint density at radius 2 is 1.88 bits per heavy atom. The molecular formula is C16H11BrClF3N4O. The summed E-state index contributed by atoms with van der Waals surface area (Å²) in [5, 5.41) is 0.0637. The summed E-state index contributed by atoms with van der Waals surface area (Å²) in [5.74, 6) is 0.531. The van der Waals surface area contributed by atoms with E-state index in [0.717, 1.165) is 11.8 Å². The highest BCUT2D eigenvalue weighted by atomic mass is 79.9. The van der Waals surface area contributed by atoms with Crippen LogP contribution in [0.15, 0.2) is 41.1 Å². The molecule has 0 amide bonds. The molecule has 26 heavy (non-hydrogen) atoms. The smallest absolute Gasteiger partial charge is 0.434 e. The summed E-state index contributed by atoms with van der Waals surface area (Å²) in [6, 6.07) is 6.86. The van der Waals surface area contributed by atoms with E-state index in [2.05, 4.69) is 30.9 Å². The molecule has 2 heterocycles. The van der Waals surface area contributed by atoms with Gasteiger partial charge >= 0.3 is 6.18 Å². The fraction of sp³-hybridized carbons (Fsp3) is 0.188. The van der Waals surface area contributed by atoms with Crippen LogP contribution in [0.25, 0.3) is 11.4 Å². The molecule has 0 radical (unpaired) electrons. The highest BCUT2D eigenvalue weighted by molar-refractivity contribution is 9.10. The summed E-state index contributed by atoms with van der Waals surface area (Å²) in [7, 11) is 1.52. The number of alkyl halides is 3. The lowest BCUT2D eigenvalue weighted by Crippen LogP contribution is -2.04. The molecular weight excluding hydrogens is 437 g/mol. The number of rotatable bonds is 4. The Hall–Kier alpha value is -2.13. The summed E-state index contributed by atoms with van der Waals surface area (Å²) >= 11 is 8.98. The predicted octanol–water partition coefficient (Wildman–Crippen LogP) is 4.89. The number of halogens is 5. The number of imidazole rings is 1. The van der Waals surface area contributed by atoms with E-state index in [1.807, 2.05) is 0 Å². The monoisotopic (exact) mass is 446 g/mol. The van der Waals surface area contributed by atoms with Gasteiger partial charge in [-0.3, -0.25) is 0 Å². The van der Waals surface area contributed by atoms with Crippen molar-refractivity contribution in [2.75, 3.05) is 0 Å². The molecule has 0 saturated carbocycles. The van der Waals surface area contributed by atoms with Gasteiger partial charge < -0.3 is 9.30 Å². The van der Waals surface area contributed by atoms with Crippen LogP contribution in [0.2, 0.25) is 5.28 Å². The highest BCUT2D eigenvalue weighted by Gasteiger charge is 2.34. The topological polar surface area (TPSA) is 52.8 Å². The number of aryl methyl sites for hydroxylation is 1. The van der Waals surface area contributed by atoms with Gasteiger partial charge in [0.15, 0.2) is 5.69 Å². The van der Waals surface area contributed by atoms with E-state index in [-0.39, 0.29) is 17.7 Å². The first-order chi connectivity index (χ1) is 12.2. The van der Waals surface area contributed by atoms with Gasteiger partial charge in [-0.25, -0.2) is 9.97 Å². The third-order valence-corrected chi connectivity index (χ3v) is 4.16. The van der Waals surface area contributed by atoms with Crippen molar-refractivity contribution in [3.05, 3.63) is 57.7 Å². The molecule has 136 valence electrons. The Balaban J connectivity index is 1.75. The first kappa shape index (κ1) is 18.7. The summed E-state index contributed by atoms with van der Waals surface area (Å²) < 4.78 is 45.8. The molecule has 0 fully saturated rings. The molecule has 0 aliphatic rings. The largest absolute Gasteiger partial charge is 0.472 e. The SMILES string of the molecule is Cn1cc(C(F)(F)F)nc1-c1ccc(COc2nc(Cl)ncc2Br)cc1. The van der Waals surface area contributed by atoms with Crippen molar-refractivity contribution in [3.63, 3.8) is 0 Å². The fourth-order valence-corrected chi connectivity index (χ4v) is 2.64. The molecule has 0 saturated heterocycles.